The Labute approximate surface area is 237 Å². The minimum absolute atomic E-state index is 0.0599. The molecule has 3 N–H and O–H groups in total. The van der Waals surface area contributed by atoms with E-state index in [1.54, 1.807) is 31.2 Å². The topological polar surface area (TPSA) is 193 Å². The Kier molecular flexibility index (Phi) is 8.67. The van der Waals surface area contributed by atoms with Gasteiger partial charge in [-0.1, -0.05) is 49.0 Å². The second-order valence-electron chi connectivity index (χ2n) is 10.6. The van der Waals surface area contributed by atoms with Gasteiger partial charge in [0, 0.05) is 4.91 Å². The first-order chi connectivity index (χ1) is 19.8. The number of anilines is 1. The number of nitrogen functional groups attached to an aromatic ring is 1. The smallest absolute Gasteiger partial charge is 0.379 e. The molecule has 0 amide bonds. The van der Waals surface area contributed by atoms with Crippen LogP contribution in [-0.4, -0.2) is 62.3 Å². The number of aliphatic hydroxyl groups excluding tert-OH is 1. The summed E-state index contributed by atoms with van der Waals surface area (Å²) in [6, 6.07) is 8.82. The third-order valence-corrected chi connectivity index (χ3v) is 9.73. The number of azide groups is 1. The van der Waals surface area contributed by atoms with E-state index >= 15 is 0 Å². The average Bonchev–Trinajstić information content (AvgIpc) is 3.35. The summed E-state index contributed by atoms with van der Waals surface area (Å²) in [7, 11) is -2.44. The van der Waals surface area contributed by atoms with Crippen molar-refractivity contribution in [2.75, 3.05) is 25.6 Å². The van der Waals surface area contributed by atoms with Crippen LogP contribution in [0.15, 0.2) is 41.8 Å². The van der Waals surface area contributed by atoms with Gasteiger partial charge in [-0.25, -0.2) is 9.55 Å². The van der Waals surface area contributed by atoms with Crippen molar-refractivity contribution in [2.24, 2.45) is 11.0 Å². The van der Waals surface area contributed by atoms with E-state index in [1.807, 2.05) is 6.07 Å². The largest absolute Gasteiger partial charge is 0.479 e. The molecule has 3 heterocycles. The van der Waals surface area contributed by atoms with Crippen LogP contribution in [0.25, 0.3) is 21.6 Å². The molecule has 41 heavy (non-hydrogen) atoms. The number of benzene rings is 1. The molecule has 1 aliphatic heterocycles. The van der Waals surface area contributed by atoms with Crippen molar-refractivity contribution in [2.45, 2.75) is 69.4 Å². The Morgan fingerprint density at radius 1 is 1.24 bits per heavy atom. The molecule has 0 spiro atoms. The summed E-state index contributed by atoms with van der Waals surface area (Å²) in [5, 5.41) is 14.5. The van der Waals surface area contributed by atoms with Crippen LogP contribution >= 0.6 is 7.60 Å². The van der Waals surface area contributed by atoms with E-state index < -0.39 is 38.2 Å². The molecule has 1 aliphatic carbocycles. The molecule has 1 aromatic carbocycles. The molecule has 15 heteroatoms. The van der Waals surface area contributed by atoms with Crippen molar-refractivity contribution in [3.05, 3.63) is 47.1 Å². The molecule has 14 nitrogen and oxygen atoms in total. The Bertz CT molecular complexity index is 1440. The minimum atomic E-state index is -3.87. The number of methoxy groups -OCH3 is 1. The fraction of sp³-hybridized carbons (Fsp3) is 0.577. The molecular weight excluding hydrogens is 551 g/mol. The Hall–Kier alpha value is -3.41. The van der Waals surface area contributed by atoms with Crippen LogP contribution in [0.3, 0.4) is 0 Å². The number of aliphatic hydroxyl groups is 1. The summed E-state index contributed by atoms with van der Waals surface area (Å²) in [6.45, 7) is 1.11. The van der Waals surface area contributed by atoms with Crippen molar-refractivity contribution in [1.29, 1.82) is 0 Å². The van der Waals surface area contributed by atoms with Gasteiger partial charge in [0.25, 0.3) is 0 Å². The first kappa shape index (κ1) is 29.1. The van der Waals surface area contributed by atoms with Gasteiger partial charge in [-0.3, -0.25) is 9.09 Å². The number of para-hydroxylation sites is 1. The van der Waals surface area contributed by atoms with E-state index in [-0.39, 0.29) is 29.6 Å². The number of ether oxygens (including phenoxy) is 2. The van der Waals surface area contributed by atoms with Crippen LogP contribution in [0.1, 0.15) is 51.7 Å². The number of nitrogens with two attached hydrogens (primary N) is 1. The molecule has 3 aromatic rings. The highest BCUT2D eigenvalue weighted by Crippen LogP contribution is 2.57. The van der Waals surface area contributed by atoms with Crippen molar-refractivity contribution in [3.8, 4) is 11.6 Å². The second kappa shape index (κ2) is 12.2. The van der Waals surface area contributed by atoms with Crippen LogP contribution in [0.2, 0.25) is 0 Å². The first-order valence-corrected chi connectivity index (χ1v) is 15.4. The summed E-state index contributed by atoms with van der Waals surface area (Å²) in [5.74, 6) is 0.625. The molecule has 5 atom stereocenters. The lowest BCUT2D eigenvalue weighted by Gasteiger charge is -2.34. The zero-order chi connectivity index (χ0) is 29.0. The van der Waals surface area contributed by atoms with Crippen LogP contribution in [0.4, 0.5) is 5.95 Å². The molecule has 1 saturated heterocycles. The van der Waals surface area contributed by atoms with E-state index in [2.05, 4.69) is 25.0 Å². The maximum atomic E-state index is 14.6. The fourth-order valence-corrected chi connectivity index (χ4v) is 8.09. The number of fused-ring (bicyclic) bond motifs is 1. The molecule has 2 aliphatic rings. The van der Waals surface area contributed by atoms with Crippen LogP contribution in [0, 0.1) is 5.92 Å². The van der Waals surface area contributed by atoms with Crippen LogP contribution in [-0.2, 0) is 13.8 Å². The summed E-state index contributed by atoms with van der Waals surface area (Å²) in [6.07, 6.45) is 4.58. The van der Waals surface area contributed by atoms with Gasteiger partial charge in [0.05, 0.1) is 26.2 Å². The maximum absolute atomic E-state index is 14.6. The van der Waals surface area contributed by atoms with E-state index in [9.17, 15) is 15.2 Å². The van der Waals surface area contributed by atoms with Gasteiger partial charge in [-0.05, 0) is 43.3 Å². The van der Waals surface area contributed by atoms with Gasteiger partial charge in [0.1, 0.15) is 23.5 Å². The quantitative estimate of drug-likeness (QED) is 0.107. The van der Waals surface area contributed by atoms with Gasteiger partial charge in [-0.15, -0.1) is 0 Å². The van der Waals surface area contributed by atoms with Crippen molar-refractivity contribution < 1.29 is 28.2 Å². The number of rotatable bonds is 10. The molecule has 0 bridgehead atoms. The van der Waals surface area contributed by atoms with Crippen molar-refractivity contribution in [3.63, 3.8) is 0 Å². The summed E-state index contributed by atoms with van der Waals surface area (Å²) < 4.78 is 40.2. The SMILES string of the molecule is COc1nc(N)nc2c1ncn2[C@@H]1O[C@H](CO)[C@@H](OP(=O)(CC2CCCCCC2)Oc2ccccc2)[C@@]1(C)N=[N+]=[N-]. The monoisotopic (exact) mass is 586 g/mol. The predicted molar refractivity (Wildman–Crippen MR) is 150 cm³/mol. The molecular formula is C26H35N8O6P. The van der Waals surface area contributed by atoms with E-state index in [4.69, 9.17) is 24.3 Å². The number of hydrogen-bond donors (Lipinski definition) is 2. The molecule has 0 radical (unpaired) electrons. The lowest BCUT2D eigenvalue weighted by molar-refractivity contribution is -0.0435. The van der Waals surface area contributed by atoms with Crippen molar-refractivity contribution in [1.82, 2.24) is 19.5 Å². The molecule has 220 valence electrons. The number of imidazole rings is 1. The third kappa shape index (κ3) is 5.98. The maximum Gasteiger partial charge on any atom is 0.379 e. The van der Waals surface area contributed by atoms with Crippen LogP contribution in [0.5, 0.6) is 11.6 Å². The first-order valence-electron chi connectivity index (χ1n) is 13.7. The number of hydrogen-bond acceptors (Lipinski definition) is 11. The summed E-state index contributed by atoms with van der Waals surface area (Å²) >= 11 is 0. The minimum Gasteiger partial charge on any atom is -0.479 e. The van der Waals surface area contributed by atoms with Gasteiger partial charge < -0.3 is 24.8 Å². The summed E-state index contributed by atoms with van der Waals surface area (Å²) in [4.78, 5) is 15.8. The normalized spacial score (nSPS) is 26.7. The Morgan fingerprint density at radius 2 is 1.98 bits per heavy atom. The average molecular weight is 587 g/mol. The summed E-state index contributed by atoms with van der Waals surface area (Å²) in [5.41, 5.74) is 14.6. The lowest BCUT2D eigenvalue weighted by atomic mass is 9.93. The highest BCUT2D eigenvalue weighted by Gasteiger charge is 2.58. The second-order valence-corrected chi connectivity index (χ2v) is 12.6. The van der Waals surface area contributed by atoms with E-state index in [1.165, 1.54) is 18.0 Å². The third-order valence-electron chi connectivity index (χ3n) is 7.73. The van der Waals surface area contributed by atoms with Gasteiger partial charge in [0.15, 0.2) is 17.4 Å². The molecule has 1 unspecified atom stereocenters. The van der Waals surface area contributed by atoms with E-state index in [0.717, 1.165) is 38.5 Å². The molecule has 5 rings (SSSR count). The van der Waals surface area contributed by atoms with Gasteiger partial charge in [-0.2, -0.15) is 9.97 Å². The zero-order valence-corrected chi connectivity index (χ0v) is 24.0. The van der Waals surface area contributed by atoms with Crippen molar-refractivity contribution >= 4 is 24.7 Å². The van der Waals surface area contributed by atoms with Gasteiger partial charge in [0.2, 0.25) is 11.8 Å². The lowest BCUT2D eigenvalue weighted by Crippen LogP contribution is -2.44. The Morgan fingerprint density at radius 3 is 2.63 bits per heavy atom. The van der Waals surface area contributed by atoms with Crippen LogP contribution < -0.4 is 15.0 Å². The Balaban J connectivity index is 1.54. The highest BCUT2D eigenvalue weighted by atomic mass is 31.2. The van der Waals surface area contributed by atoms with E-state index in [0.29, 0.717) is 11.3 Å². The molecule has 2 aromatic heterocycles. The fourth-order valence-electron chi connectivity index (χ4n) is 5.75. The highest BCUT2D eigenvalue weighted by molar-refractivity contribution is 7.54. The predicted octanol–water partition coefficient (Wildman–Crippen LogP) is 5.00. The zero-order valence-electron chi connectivity index (χ0n) is 23.1. The number of nitrogens with zero attached hydrogens (tertiary/aromatic N) is 7. The molecule has 2 fully saturated rings. The number of aromatic nitrogens is 4. The van der Waals surface area contributed by atoms with Gasteiger partial charge >= 0.3 is 7.60 Å². The standard InChI is InChI=1S/C26H35N8O6P/c1-26(32-33-28)21(19(14-35)38-24(26)34-16-29-20-22(34)30-25(27)31-23(20)37-2)40-41(36,39-18-12-8-5-9-13-18)15-17-10-6-3-4-7-11-17/h5,8-9,12-13,16-17,19,21,24,35H,3-4,6-7,10-11,14-15H2,1-2H3,(H2,27,30,31)/t19-,21-,24-,26-,41?/m1/s1. The molecule has 1 saturated carbocycles.